The summed E-state index contributed by atoms with van der Waals surface area (Å²) < 4.78 is 0. The molecule has 1 amide bonds. The lowest BCUT2D eigenvalue weighted by molar-refractivity contribution is -0.117. The van der Waals surface area contributed by atoms with Crippen molar-refractivity contribution in [2.24, 2.45) is 5.92 Å². The smallest absolute Gasteiger partial charge is 0.227 e. The Bertz CT molecular complexity index is 282. The first-order valence-corrected chi connectivity index (χ1v) is 3.94. The van der Waals surface area contributed by atoms with E-state index in [0.717, 1.165) is 18.5 Å². The molecule has 0 bridgehead atoms. The van der Waals surface area contributed by atoms with Gasteiger partial charge in [-0.25, -0.2) is 0 Å². The Kier molecular flexibility index (Phi) is 1.74. The molecule has 0 saturated heterocycles. The van der Waals surface area contributed by atoms with E-state index in [1.807, 2.05) is 0 Å². The van der Waals surface area contributed by atoms with Gasteiger partial charge in [0.15, 0.2) is 0 Å². The lowest BCUT2D eigenvalue weighted by Crippen LogP contribution is -2.13. The fourth-order valence-electron chi connectivity index (χ4n) is 0.954. The SMILES string of the molecule is O=C(Nc1ccnnc1)C1CC1. The number of carbonyl (C=O) groups excluding carboxylic acids is 1. The van der Waals surface area contributed by atoms with E-state index in [1.54, 1.807) is 18.5 Å². The molecule has 2 rings (SSSR count). The monoisotopic (exact) mass is 163 g/mol. The molecule has 1 saturated carbocycles. The van der Waals surface area contributed by atoms with Crippen LogP contribution < -0.4 is 5.32 Å². The average Bonchev–Trinajstić information content (AvgIpc) is 2.88. The molecule has 0 aliphatic heterocycles. The molecule has 0 aromatic carbocycles. The van der Waals surface area contributed by atoms with Crippen LogP contribution in [-0.2, 0) is 4.79 Å². The molecule has 1 aromatic heterocycles. The molecule has 12 heavy (non-hydrogen) atoms. The van der Waals surface area contributed by atoms with E-state index >= 15 is 0 Å². The van der Waals surface area contributed by atoms with Crippen LogP contribution in [0.4, 0.5) is 5.69 Å². The standard InChI is InChI=1S/C8H9N3O/c12-8(6-1-2-6)11-7-3-4-9-10-5-7/h3-6H,1-2H2,(H,9,11,12). The van der Waals surface area contributed by atoms with Gasteiger partial charge in [-0.1, -0.05) is 0 Å². The third-order valence-corrected chi connectivity index (χ3v) is 1.80. The highest BCUT2D eigenvalue weighted by Gasteiger charge is 2.29. The first-order chi connectivity index (χ1) is 5.86. The highest BCUT2D eigenvalue weighted by molar-refractivity contribution is 5.93. The lowest BCUT2D eigenvalue weighted by Gasteiger charge is -2.00. The van der Waals surface area contributed by atoms with E-state index in [4.69, 9.17) is 0 Å². The summed E-state index contributed by atoms with van der Waals surface area (Å²) in [4.78, 5) is 11.2. The zero-order valence-electron chi connectivity index (χ0n) is 6.53. The molecule has 1 aliphatic carbocycles. The molecule has 0 unspecified atom stereocenters. The Morgan fingerprint density at radius 3 is 2.92 bits per heavy atom. The number of anilines is 1. The summed E-state index contributed by atoms with van der Waals surface area (Å²) in [6.07, 6.45) is 5.14. The third kappa shape index (κ3) is 1.58. The number of hydrogen-bond donors (Lipinski definition) is 1. The molecule has 4 heteroatoms. The van der Waals surface area contributed by atoms with Gasteiger partial charge in [0, 0.05) is 5.92 Å². The van der Waals surface area contributed by atoms with Gasteiger partial charge < -0.3 is 5.32 Å². The quantitative estimate of drug-likeness (QED) is 0.702. The normalized spacial score (nSPS) is 15.7. The maximum absolute atomic E-state index is 11.2. The predicted molar refractivity (Wildman–Crippen MR) is 43.4 cm³/mol. The highest BCUT2D eigenvalue weighted by Crippen LogP contribution is 2.29. The molecule has 0 spiro atoms. The van der Waals surface area contributed by atoms with Crippen molar-refractivity contribution in [3.05, 3.63) is 18.5 Å². The fourth-order valence-corrected chi connectivity index (χ4v) is 0.954. The number of aromatic nitrogens is 2. The first kappa shape index (κ1) is 7.21. The van der Waals surface area contributed by atoms with E-state index in [9.17, 15) is 4.79 Å². The molecular weight excluding hydrogens is 154 g/mol. The molecule has 1 fully saturated rings. The minimum Gasteiger partial charge on any atom is -0.324 e. The van der Waals surface area contributed by atoms with Crippen LogP contribution in [0.25, 0.3) is 0 Å². The van der Waals surface area contributed by atoms with Crippen LogP contribution in [0.3, 0.4) is 0 Å². The summed E-state index contributed by atoms with van der Waals surface area (Å²) in [5.41, 5.74) is 0.724. The van der Waals surface area contributed by atoms with Crippen molar-refractivity contribution in [1.82, 2.24) is 10.2 Å². The van der Waals surface area contributed by atoms with Crippen LogP contribution >= 0.6 is 0 Å². The Hall–Kier alpha value is -1.45. The van der Waals surface area contributed by atoms with Crippen molar-refractivity contribution >= 4 is 11.6 Å². The van der Waals surface area contributed by atoms with E-state index in [2.05, 4.69) is 15.5 Å². The van der Waals surface area contributed by atoms with Gasteiger partial charge in [0.25, 0.3) is 0 Å². The fraction of sp³-hybridized carbons (Fsp3) is 0.375. The number of hydrogen-bond acceptors (Lipinski definition) is 3. The summed E-state index contributed by atoms with van der Waals surface area (Å²) in [5, 5.41) is 10.0. The molecule has 1 aromatic rings. The van der Waals surface area contributed by atoms with Gasteiger partial charge in [-0.05, 0) is 18.9 Å². The van der Waals surface area contributed by atoms with Gasteiger partial charge >= 0.3 is 0 Å². The van der Waals surface area contributed by atoms with Gasteiger partial charge in [-0.2, -0.15) is 10.2 Å². The van der Waals surface area contributed by atoms with Crippen LogP contribution in [0.1, 0.15) is 12.8 Å². The topological polar surface area (TPSA) is 54.9 Å². The number of nitrogens with zero attached hydrogens (tertiary/aromatic N) is 2. The van der Waals surface area contributed by atoms with Crippen LogP contribution in [0.2, 0.25) is 0 Å². The molecule has 1 N–H and O–H groups in total. The lowest BCUT2D eigenvalue weighted by atomic mass is 10.3. The molecule has 4 nitrogen and oxygen atoms in total. The van der Waals surface area contributed by atoms with Crippen molar-refractivity contribution in [1.29, 1.82) is 0 Å². The highest BCUT2D eigenvalue weighted by atomic mass is 16.2. The van der Waals surface area contributed by atoms with Gasteiger partial charge in [-0.3, -0.25) is 4.79 Å². The van der Waals surface area contributed by atoms with Crippen molar-refractivity contribution in [2.45, 2.75) is 12.8 Å². The molecule has 0 atom stereocenters. The molecule has 1 heterocycles. The van der Waals surface area contributed by atoms with Gasteiger partial charge in [0.2, 0.25) is 5.91 Å². The van der Waals surface area contributed by atoms with Crippen molar-refractivity contribution < 1.29 is 4.79 Å². The van der Waals surface area contributed by atoms with Crippen molar-refractivity contribution in [2.75, 3.05) is 5.32 Å². The zero-order chi connectivity index (χ0) is 8.39. The Morgan fingerprint density at radius 1 is 1.50 bits per heavy atom. The molecule has 62 valence electrons. The minimum absolute atomic E-state index is 0.100. The van der Waals surface area contributed by atoms with E-state index in [-0.39, 0.29) is 11.8 Å². The predicted octanol–water partition coefficient (Wildman–Crippen LogP) is 0.825. The summed E-state index contributed by atoms with van der Waals surface area (Å²) in [6, 6.07) is 1.73. The maximum Gasteiger partial charge on any atom is 0.227 e. The summed E-state index contributed by atoms with van der Waals surface area (Å²) in [7, 11) is 0. The Balaban J connectivity index is 1.98. The zero-order valence-corrected chi connectivity index (χ0v) is 6.53. The van der Waals surface area contributed by atoms with Crippen molar-refractivity contribution in [3.8, 4) is 0 Å². The van der Waals surface area contributed by atoms with Crippen LogP contribution in [0.5, 0.6) is 0 Å². The Morgan fingerprint density at radius 2 is 2.33 bits per heavy atom. The van der Waals surface area contributed by atoms with Gasteiger partial charge in [0.1, 0.15) is 0 Å². The van der Waals surface area contributed by atoms with Crippen LogP contribution in [0.15, 0.2) is 18.5 Å². The van der Waals surface area contributed by atoms with Gasteiger partial charge in [-0.15, -0.1) is 0 Å². The summed E-state index contributed by atoms with van der Waals surface area (Å²) in [5.74, 6) is 0.334. The summed E-state index contributed by atoms with van der Waals surface area (Å²) in [6.45, 7) is 0. The second kappa shape index (κ2) is 2.89. The first-order valence-electron chi connectivity index (χ1n) is 3.94. The molecule has 0 radical (unpaired) electrons. The third-order valence-electron chi connectivity index (χ3n) is 1.80. The Labute approximate surface area is 70.0 Å². The number of nitrogens with one attached hydrogen (secondary N) is 1. The van der Waals surface area contributed by atoms with E-state index in [0.29, 0.717) is 0 Å². The maximum atomic E-state index is 11.2. The number of rotatable bonds is 2. The molecular formula is C8H9N3O. The van der Waals surface area contributed by atoms with Crippen LogP contribution in [0, 0.1) is 5.92 Å². The van der Waals surface area contributed by atoms with Crippen molar-refractivity contribution in [3.63, 3.8) is 0 Å². The second-order valence-corrected chi connectivity index (χ2v) is 2.89. The second-order valence-electron chi connectivity index (χ2n) is 2.89. The number of carbonyl (C=O) groups is 1. The van der Waals surface area contributed by atoms with Gasteiger partial charge in [0.05, 0.1) is 18.1 Å². The average molecular weight is 163 g/mol. The largest absolute Gasteiger partial charge is 0.324 e. The van der Waals surface area contributed by atoms with Crippen LogP contribution in [-0.4, -0.2) is 16.1 Å². The summed E-state index contributed by atoms with van der Waals surface area (Å²) >= 11 is 0. The molecule has 1 aliphatic rings. The van der Waals surface area contributed by atoms with E-state index in [1.165, 1.54) is 0 Å². The number of amides is 1. The minimum atomic E-state index is 0.100. The van der Waals surface area contributed by atoms with E-state index < -0.39 is 0 Å².